The maximum absolute atomic E-state index is 12.3. The van der Waals surface area contributed by atoms with Gasteiger partial charge in [0.05, 0.1) is 4.92 Å². The Balaban J connectivity index is 2.30. The number of anilines is 2. The zero-order valence-corrected chi connectivity index (χ0v) is 12.7. The largest absolute Gasteiger partial charge is 0.378 e. The summed E-state index contributed by atoms with van der Waals surface area (Å²) in [5.74, 6) is -0.498. The normalized spacial score (nSPS) is 10.1. The lowest BCUT2D eigenvalue weighted by molar-refractivity contribution is -0.385. The van der Waals surface area contributed by atoms with E-state index in [1.54, 1.807) is 25.1 Å². The van der Waals surface area contributed by atoms with Crippen LogP contribution in [0.4, 0.5) is 17.1 Å². The average molecular weight is 299 g/mol. The number of nitro groups is 1. The molecule has 2 rings (SSSR count). The minimum Gasteiger partial charge on any atom is -0.378 e. The minimum atomic E-state index is -0.543. The second kappa shape index (κ2) is 6.26. The summed E-state index contributed by atoms with van der Waals surface area (Å²) < 4.78 is 0. The van der Waals surface area contributed by atoms with Gasteiger partial charge in [0.25, 0.3) is 11.6 Å². The highest BCUT2D eigenvalue weighted by Gasteiger charge is 2.20. The number of hydrogen-bond donors (Lipinski definition) is 1. The molecule has 0 aromatic heterocycles. The predicted octanol–water partition coefficient (Wildman–Crippen LogP) is 3.22. The van der Waals surface area contributed by atoms with Crippen molar-refractivity contribution in [3.8, 4) is 0 Å². The molecule has 0 fully saturated rings. The first-order chi connectivity index (χ1) is 10.4. The lowest BCUT2D eigenvalue weighted by atomic mass is 10.1. The Labute approximate surface area is 128 Å². The molecule has 1 amide bonds. The highest BCUT2D eigenvalue weighted by Crippen LogP contribution is 2.23. The molecule has 0 spiro atoms. The topological polar surface area (TPSA) is 75.5 Å². The number of benzene rings is 2. The fourth-order valence-corrected chi connectivity index (χ4v) is 2.05. The van der Waals surface area contributed by atoms with E-state index in [2.05, 4.69) is 5.32 Å². The van der Waals surface area contributed by atoms with E-state index in [0.717, 1.165) is 11.3 Å². The molecule has 114 valence electrons. The minimum absolute atomic E-state index is 0.0471. The summed E-state index contributed by atoms with van der Waals surface area (Å²) in [6, 6.07) is 11.8. The van der Waals surface area contributed by atoms with Crippen LogP contribution in [0.15, 0.2) is 42.5 Å². The standard InChI is InChI=1S/C16H17N3O3/c1-11-7-8-14(15(9-11)19(21)22)16(20)17-12-5-4-6-13(10-12)18(2)3/h4-10H,1-3H3,(H,17,20). The molecule has 0 saturated heterocycles. The maximum Gasteiger partial charge on any atom is 0.282 e. The van der Waals surface area contributed by atoms with Crippen molar-refractivity contribution in [2.75, 3.05) is 24.3 Å². The van der Waals surface area contributed by atoms with Crippen molar-refractivity contribution < 1.29 is 9.72 Å². The van der Waals surface area contributed by atoms with Gasteiger partial charge in [0.2, 0.25) is 0 Å². The SMILES string of the molecule is Cc1ccc(C(=O)Nc2cccc(N(C)C)c2)c([N+](=O)[O-])c1. The van der Waals surface area contributed by atoms with Gasteiger partial charge in [0.15, 0.2) is 0 Å². The van der Waals surface area contributed by atoms with E-state index in [1.165, 1.54) is 12.1 Å². The van der Waals surface area contributed by atoms with E-state index in [9.17, 15) is 14.9 Å². The van der Waals surface area contributed by atoms with Crippen LogP contribution in [-0.2, 0) is 0 Å². The first-order valence-electron chi connectivity index (χ1n) is 6.72. The van der Waals surface area contributed by atoms with Crippen LogP contribution >= 0.6 is 0 Å². The summed E-state index contributed by atoms with van der Waals surface area (Å²) in [5.41, 5.74) is 2.10. The van der Waals surface area contributed by atoms with Crippen LogP contribution in [0, 0.1) is 17.0 Å². The third kappa shape index (κ3) is 3.41. The molecular weight excluding hydrogens is 282 g/mol. The van der Waals surface area contributed by atoms with Gasteiger partial charge in [-0.15, -0.1) is 0 Å². The number of carbonyl (C=O) groups excluding carboxylic acids is 1. The van der Waals surface area contributed by atoms with Gasteiger partial charge in [-0.2, -0.15) is 0 Å². The summed E-state index contributed by atoms with van der Waals surface area (Å²) in [4.78, 5) is 24.8. The maximum atomic E-state index is 12.3. The smallest absolute Gasteiger partial charge is 0.282 e. The second-order valence-corrected chi connectivity index (χ2v) is 5.18. The van der Waals surface area contributed by atoms with Crippen molar-refractivity contribution in [1.82, 2.24) is 0 Å². The zero-order chi connectivity index (χ0) is 16.3. The average Bonchev–Trinajstić information content (AvgIpc) is 2.47. The number of nitrogens with one attached hydrogen (secondary N) is 1. The molecule has 2 aromatic carbocycles. The first-order valence-corrected chi connectivity index (χ1v) is 6.72. The van der Waals surface area contributed by atoms with Gasteiger partial charge in [-0.05, 0) is 36.8 Å². The van der Waals surface area contributed by atoms with Gasteiger partial charge in [-0.3, -0.25) is 14.9 Å². The zero-order valence-electron chi connectivity index (χ0n) is 12.7. The van der Waals surface area contributed by atoms with Gasteiger partial charge >= 0.3 is 0 Å². The van der Waals surface area contributed by atoms with Crippen LogP contribution in [0.25, 0.3) is 0 Å². The Morgan fingerprint density at radius 3 is 2.55 bits per heavy atom. The van der Waals surface area contributed by atoms with Crippen LogP contribution in [0.2, 0.25) is 0 Å². The van der Waals surface area contributed by atoms with Crippen molar-refractivity contribution in [3.63, 3.8) is 0 Å². The lowest BCUT2D eigenvalue weighted by Gasteiger charge is -2.14. The summed E-state index contributed by atoms with van der Waals surface area (Å²) in [7, 11) is 3.79. The lowest BCUT2D eigenvalue weighted by Crippen LogP contribution is -2.15. The van der Waals surface area contributed by atoms with Crippen LogP contribution < -0.4 is 10.2 Å². The fourth-order valence-electron chi connectivity index (χ4n) is 2.05. The molecule has 0 heterocycles. The molecule has 1 N–H and O–H groups in total. The van der Waals surface area contributed by atoms with Gasteiger partial charge < -0.3 is 10.2 Å². The first kappa shape index (κ1) is 15.5. The van der Waals surface area contributed by atoms with Crippen molar-refractivity contribution in [1.29, 1.82) is 0 Å². The highest BCUT2D eigenvalue weighted by atomic mass is 16.6. The monoisotopic (exact) mass is 299 g/mol. The van der Waals surface area contributed by atoms with Crippen LogP contribution in [0.1, 0.15) is 15.9 Å². The molecule has 0 radical (unpaired) electrons. The Bertz CT molecular complexity index is 726. The third-order valence-electron chi connectivity index (χ3n) is 3.21. The van der Waals surface area contributed by atoms with Crippen molar-refractivity contribution >= 4 is 23.0 Å². The van der Waals surface area contributed by atoms with Crippen molar-refractivity contribution in [2.24, 2.45) is 0 Å². The number of nitrogens with zero attached hydrogens (tertiary/aromatic N) is 2. The highest BCUT2D eigenvalue weighted by molar-refractivity contribution is 6.07. The molecular formula is C16H17N3O3. The fraction of sp³-hybridized carbons (Fsp3) is 0.188. The molecule has 22 heavy (non-hydrogen) atoms. The number of rotatable bonds is 4. The number of amides is 1. The second-order valence-electron chi connectivity index (χ2n) is 5.18. The van der Waals surface area contributed by atoms with Gasteiger partial charge in [0, 0.05) is 31.5 Å². The van der Waals surface area contributed by atoms with Crippen LogP contribution in [0.5, 0.6) is 0 Å². The molecule has 2 aromatic rings. The number of hydrogen-bond acceptors (Lipinski definition) is 4. The summed E-state index contributed by atoms with van der Waals surface area (Å²) in [6.45, 7) is 1.75. The molecule has 0 aliphatic carbocycles. The summed E-state index contributed by atoms with van der Waals surface area (Å²) in [6.07, 6.45) is 0. The Hall–Kier alpha value is -2.89. The van der Waals surface area contributed by atoms with Gasteiger partial charge in [-0.25, -0.2) is 0 Å². The van der Waals surface area contributed by atoms with E-state index in [4.69, 9.17) is 0 Å². The molecule has 0 saturated carbocycles. The molecule has 0 aliphatic heterocycles. The van der Waals surface area contributed by atoms with E-state index < -0.39 is 10.8 Å². The van der Waals surface area contributed by atoms with Crippen LogP contribution in [0.3, 0.4) is 0 Å². The predicted molar refractivity (Wildman–Crippen MR) is 86.6 cm³/mol. The molecule has 0 unspecified atom stereocenters. The van der Waals surface area contributed by atoms with Gasteiger partial charge in [-0.1, -0.05) is 12.1 Å². The van der Waals surface area contributed by atoms with E-state index in [-0.39, 0.29) is 11.3 Å². The van der Waals surface area contributed by atoms with E-state index >= 15 is 0 Å². The Morgan fingerprint density at radius 2 is 1.91 bits per heavy atom. The van der Waals surface area contributed by atoms with Crippen LogP contribution in [-0.4, -0.2) is 24.9 Å². The quantitative estimate of drug-likeness (QED) is 0.694. The number of carbonyl (C=O) groups is 1. The molecule has 6 nitrogen and oxygen atoms in total. The summed E-state index contributed by atoms with van der Waals surface area (Å²) >= 11 is 0. The Kier molecular flexibility index (Phi) is 4.41. The number of aryl methyl sites for hydroxylation is 1. The van der Waals surface area contributed by atoms with E-state index in [0.29, 0.717) is 5.69 Å². The summed E-state index contributed by atoms with van der Waals surface area (Å²) in [5, 5.41) is 13.8. The molecule has 0 atom stereocenters. The number of nitro benzene ring substituents is 1. The third-order valence-corrected chi connectivity index (χ3v) is 3.21. The molecule has 0 aliphatic rings. The molecule has 6 heteroatoms. The van der Waals surface area contributed by atoms with Crippen molar-refractivity contribution in [2.45, 2.75) is 6.92 Å². The Morgan fingerprint density at radius 1 is 1.18 bits per heavy atom. The van der Waals surface area contributed by atoms with Gasteiger partial charge in [0.1, 0.15) is 5.56 Å². The van der Waals surface area contributed by atoms with E-state index in [1.807, 2.05) is 31.1 Å². The van der Waals surface area contributed by atoms with Crippen molar-refractivity contribution in [3.05, 3.63) is 63.7 Å². The molecule has 0 bridgehead atoms.